The fourth-order valence-electron chi connectivity index (χ4n) is 1.16. The van der Waals surface area contributed by atoms with Crippen molar-refractivity contribution in [3.8, 4) is 17.6 Å². The lowest BCUT2D eigenvalue weighted by Gasteiger charge is -2.09. The number of nitrogens with two attached hydrogens (primary N) is 1. The molecule has 92 valence electrons. The molecule has 1 aromatic carbocycles. The minimum atomic E-state index is -3.87. The summed E-state index contributed by atoms with van der Waals surface area (Å²) in [7, 11) is -2.47. The van der Waals surface area contributed by atoms with Crippen molar-refractivity contribution in [2.45, 2.75) is 0 Å². The molecule has 1 aromatic rings. The molecule has 17 heavy (non-hydrogen) atoms. The number of anilines is 1. The first-order valence-electron chi connectivity index (χ1n) is 4.54. The first-order chi connectivity index (χ1) is 7.96. The molecular weight excluding hydrogens is 244 g/mol. The molecule has 7 heteroatoms. The molecule has 6 nitrogen and oxygen atoms in total. The van der Waals surface area contributed by atoms with Crippen molar-refractivity contribution in [2.24, 2.45) is 5.14 Å². The fraction of sp³-hybridized carbons (Fsp3) is 0.200. The molecule has 0 aliphatic rings. The number of nitrogens with one attached hydrogen (secondary N) is 1. The number of rotatable bonds is 3. The SMILES string of the molecule is COc1ccc(C#CCO)cc1NS(N)(=O)=O. The quantitative estimate of drug-likeness (QED) is 0.643. The molecule has 0 radical (unpaired) electrons. The van der Waals surface area contributed by atoms with E-state index in [1.807, 2.05) is 0 Å². The largest absolute Gasteiger partial charge is 0.495 e. The Hall–Kier alpha value is -1.75. The number of aliphatic hydroxyl groups is 1. The molecule has 0 amide bonds. The van der Waals surface area contributed by atoms with Crippen LogP contribution in [0.3, 0.4) is 0 Å². The molecule has 1 rings (SSSR count). The van der Waals surface area contributed by atoms with Crippen molar-refractivity contribution in [1.29, 1.82) is 0 Å². The number of benzene rings is 1. The Balaban J connectivity index is 3.15. The molecule has 0 unspecified atom stereocenters. The van der Waals surface area contributed by atoms with Crippen LogP contribution in [0.1, 0.15) is 5.56 Å². The standard InChI is InChI=1S/C10H12N2O4S/c1-16-10-5-4-8(3-2-6-13)7-9(10)12-17(11,14)15/h4-5,7,12-13H,6H2,1H3,(H2,11,14,15). The predicted octanol–water partition coefficient (Wildman–Crippen LogP) is -0.346. The van der Waals surface area contributed by atoms with Crippen LogP contribution in [0, 0.1) is 11.8 Å². The van der Waals surface area contributed by atoms with Gasteiger partial charge >= 0.3 is 0 Å². The topological polar surface area (TPSA) is 102 Å². The Morgan fingerprint density at radius 3 is 2.76 bits per heavy atom. The van der Waals surface area contributed by atoms with E-state index in [2.05, 4.69) is 16.6 Å². The molecule has 0 aliphatic carbocycles. The highest BCUT2D eigenvalue weighted by atomic mass is 32.2. The van der Waals surface area contributed by atoms with E-state index in [9.17, 15) is 8.42 Å². The van der Waals surface area contributed by atoms with Gasteiger partial charge < -0.3 is 9.84 Å². The third-order valence-corrected chi connectivity index (χ3v) is 2.27. The average molecular weight is 256 g/mol. The molecule has 0 atom stereocenters. The van der Waals surface area contributed by atoms with E-state index in [-0.39, 0.29) is 12.3 Å². The average Bonchev–Trinajstić information content (AvgIpc) is 2.24. The third-order valence-electron chi connectivity index (χ3n) is 1.76. The van der Waals surface area contributed by atoms with Crippen LogP contribution >= 0.6 is 0 Å². The Kier molecular flexibility index (Phi) is 4.34. The minimum absolute atomic E-state index is 0.194. The van der Waals surface area contributed by atoms with E-state index < -0.39 is 10.2 Å². The first kappa shape index (κ1) is 13.3. The summed E-state index contributed by atoms with van der Waals surface area (Å²) in [5.41, 5.74) is 0.728. The lowest BCUT2D eigenvalue weighted by molar-refractivity contribution is 0.350. The normalized spacial score (nSPS) is 10.3. The minimum Gasteiger partial charge on any atom is -0.495 e. The molecular formula is C10H12N2O4S. The molecule has 0 aliphatic heterocycles. The summed E-state index contributed by atoms with van der Waals surface area (Å²) in [5, 5.41) is 13.4. The van der Waals surface area contributed by atoms with E-state index in [0.717, 1.165) is 0 Å². The van der Waals surface area contributed by atoms with Crippen LogP contribution in [0.4, 0.5) is 5.69 Å². The summed E-state index contributed by atoms with van der Waals surface area (Å²) >= 11 is 0. The lowest BCUT2D eigenvalue weighted by Crippen LogP contribution is -2.22. The maximum atomic E-state index is 10.9. The number of aliphatic hydroxyl groups excluding tert-OH is 1. The number of hydrogen-bond acceptors (Lipinski definition) is 4. The molecule has 0 spiro atoms. The van der Waals surface area contributed by atoms with Gasteiger partial charge in [0, 0.05) is 5.56 Å². The first-order valence-corrected chi connectivity index (χ1v) is 6.09. The maximum Gasteiger partial charge on any atom is 0.296 e. The zero-order chi connectivity index (χ0) is 12.9. The Bertz CT molecular complexity index is 557. The molecule has 0 bridgehead atoms. The van der Waals surface area contributed by atoms with Gasteiger partial charge in [0.2, 0.25) is 0 Å². The summed E-state index contributed by atoms with van der Waals surface area (Å²) in [6.07, 6.45) is 0. The molecule has 0 heterocycles. The zero-order valence-corrected chi connectivity index (χ0v) is 9.91. The van der Waals surface area contributed by atoms with Crippen LogP contribution in [0.2, 0.25) is 0 Å². The van der Waals surface area contributed by atoms with E-state index in [4.69, 9.17) is 15.0 Å². The van der Waals surface area contributed by atoms with Gasteiger partial charge in [-0.25, -0.2) is 5.14 Å². The van der Waals surface area contributed by atoms with Crippen molar-refractivity contribution in [3.63, 3.8) is 0 Å². The van der Waals surface area contributed by atoms with Gasteiger partial charge in [-0.1, -0.05) is 11.8 Å². The van der Waals surface area contributed by atoms with Gasteiger partial charge in [-0.15, -0.1) is 0 Å². The second-order valence-electron chi connectivity index (χ2n) is 3.02. The monoisotopic (exact) mass is 256 g/mol. The second kappa shape index (κ2) is 5.54. The highest BCUT2D eigenvalue weighted by Crippen LogP contribution is 2.25. The van der Waals surface area contributed by atoms with Gasteiger partial charge in [-0.2, -0.15) is 8.42 Å². The summed E-state index contributed by atoms with van der Waals surface area (Å²) < 4.78 is 28.9. The van der Waals surface area contributed by atoms with E-state index >= 15 is 0 Å². The Labute approximate surface area is 99.6 Å². The van der Waals surface area contributed by atoms with Crippen LogP contribution in [0.15, 0.2) is 18.2 Å². The van der Waals surface area contributed by atoms with E-state index in [1.165, 1.54) is 13.2 Å². The van der Waals surface area contributed by atoms with Crippen LogP contribution in [0.25, 0.3) is 0 Å². The summed E-state index contributed by atoms with van der Waals surface area (Å²) in [6, 6.07) is 4.65. The summed E-state index contributed by atoms with van der Waals surface area (Å²) in [6.45, 7) is -0.274. The van der Waals surface area contributed by atoms with Crippen LogP contribution < -0.4 is 14.6 Å². The maximum absolute atomic E-state index is 10.9. The molecule has 0 fully saturated rings. The fourth-order valence-corrected chi connectivity index (χ4v) is 1.63. The van der Waals surface area contributed by atoms with Crippen molar-refractivity contribution in [2.75, 3.05) is 18.4 Å². The highest BCUT2D eigenvalue weighted by molar-refractivity contribution is 7.90. The van der Waals surface area contributed by atoms with Crippen LogP contribution in [0.5, 0.6) is 5.75 Å². The second-order valence-corrected chi connectivity index (χ2v) is 4.32. The lowest BCUT2D eigenvalue weighted by atomic mass is 10.2. The van der Waals surface area contributed by atoms with Crippen molar-refractivity contribution in [1.82, 2.24) is 0 Å². The van der Waals surface area contributed by atoms with E-state index in [1.54, 1.807) is 12.1 Å². The number of ether oxygens (including phenoxy) is 1. The molecule has 4 N–H and O–H groups in total. The molecule has 0 saturated carbocycles. The molecule has 0 saturated heterocycles. The summed E-state index contributed by atoms with van der Waals surface area (Å²) in [5.74, 6) is 5.42. The van der Waals surface area contributed by atoms with Gasteiger partial charge in [0.1, 0.15) is 12.4 Å². The van der Waals surface area contributed by atoms with Gasteiger partial charge in [0.25, 0.3) is 10.2 Å². The van der Waals surface area contributed by atoms with Gasteiger partial charge in [-0.05, 0) is 18.2 Å². The Morgan fingerprint density at radius 1 is 1.53 bits per heavy atom. The Morgan fingerprint density at radius 2 is 2.24 bits per heavy atom. The predicted molar refractivity (Wildman–Crippen MR) is 63.7 cm³/mol. The van der Waals surface area contributed by atoms with Gasteiger partial charge in [0.15, 0.2) is 0 Å². The smallest absolute Gasteiger partial charge is 0.296 e. The van der Waals surface area contributed by atoms with Gasteiger partial charge in [-0.3, -0.25) is 4.72 Å². The zero-order valence-electron chi connectivity index (χ0n) is 9.10. The summed E-state index contributed by atoms with van der Waals surface area (Å²) in [4.78, 5) is 0. The van der Waals surface area contributed by atoms with E-state index in [0.29, 0.717) is 11.3 Å². The third kappa shape index (κ3) is 4.32. The van der Waals surface area contributed by atoms with Gasteiger partial charge in [0.05, 0.1) is 12.8 Å². The number of methoxy groups -OCH3 is 1. The highest BCUT2D eigenvalue weighted by Gasteiger charge is 2.08. The van der Waals surface area contributed by atoms with Crippen LogP contribution in [-0.4, -0.2) is 27.2 Å². The van der Waals surface area contributed by atoms with Crippen molar-refractivity contribution < 1.29 is 18.3 Å². The van der Waals surface area contributed by atoms with Crippen LogP contribution in [-0.2, 0) is 10.2 Å². The number of hydrogen-bond donors (Lipinski definition) is 3. The molecule has 0 aromatic heterocycles. The van der Waals surface area contributed by atoms with Crippen molar-refractivity contribution >= 4 is 15.9 Å². The van der Waals surface area contributed by atoms with Crippen molar-refractivity contribution in [3.05, 3.63) is 23.8 Å².